The molecule has 0 saturated carbocycles. The highest BCUT2D eigenvalue weighted by molar-refractivity contribution is 7.88. The maximum absolute atomic E-state index is 9.41. The molecule has 0 aliphatic carbocycles. The van der Waals surface area contributed by atoms with Gasteiger partial charge >= 0.3 is 0 Å². The predicted molar refractivity (Wildman–Crippen MR) is 41.4 cm³/mol. The van der Waals surface area contributed by atoms with E-state index in [0.29, 0.717) is 0 Å². The van der Waals surface area contributed by atoms with Gasteiger partial charge in [0.2, 0.25) is 10.0 Å². The summed E-state index contributed by atoms with van der Waals surface area (Å²) in [7, 11) is -3.17. The third kappa shape index (κ3) is 12.2. The molecule has 1 rings (SSSR count). The summed E-state index contributed by atoms with van der Waals surface area (Å²) in [4.78, 5) is 1.25. The molecule has 0 atom stereocenters. The number of hydrogen-bond acceptors (Lipinski definition) is 4. The SMILES string of the molecule is CS(N)(=O)=O.Nn1cccn1. The molecule has 1 aromatic heterocycles. The Morgan fingerprint density at radius 3 is 2.09 bits per heavy atom. The highest BCUT2D eigenvalue weighted by Gasteiger charge is 1.78. The van der Waals surface area contributed by atoms with E-state index in [1.807, 2.05) is 0 Å². The zero-order valence-corrected chi connectivity index (χ0v) is 6.82. The molecule has 0 spiro atoms. The quantitative estimate of drug-likeness (QED) is 0.472. The number of nitrogens with zero attached hydrogens (tertiary/aromatic N) is 2. The predicted octanol–water partition coefficient (Wildman–Crippen LogP) is -1.50. The molecular formula is C4H10N4O2S. The van der Waals surface area contributed by atoms with Crippen LogP contribution in [0.1, 0.15) is 0 Å². The molecule has 0 unspecified atom stereocenters. The average molecular weight is 178 g/mol. The number of nitrogen functional groups attached to an aromatic ring is 1. The first-order valence-corrected chi connectivity index (χ1v) is 4.57. The van der Waals surface area contributed by atoms with Crippen LogP contribution in [0.5, 0.6) is 0 Å². The zero-order chi connectivity index (χ0) is 8.91. The fourth-order valence-electron chi connectivity index (χ4n) is 0.281. The van der Waals surface area contributed by atoms with Gasteiger partial charge in [0.25, 0.3) is 0 Å². The van der Waals surface area contributed by atoms with Crippen LogP contribution in [0.2, 0.25) is 0 Å². The van der Waals surface area contributed by atoms with Crippen LogP contribution < -0.4 is 11.0 Å². The van der Waals surface area contributed by atoms with Gasteiger partial charge in [-0.2, -0.15) is 9.89 Å². The number of primary sulfonamides is 1. The van der Waals surface area contributed by atoms with Crippen LogP contribution in [-0.2, 0) is 10.0 Å². The van der Waals surface area contributed by atoms with Crippen LogP contribution in [0.3, 0.4) is 0 Å². The van der Waals surface area contributed by atoms with Crippen LogP contribution in [0.15, 0.2) is 18.5 Å². The largest absolute Gasteiger partial charge is 0.323 e. The molecule has 6 nitrogen and oxygen atoms in total. The molecule has 0 bridgehead atoms. The van der Waals surface area contributed by atoms with Crippen LogP contribution in [0, 0.1) is 0 Å². The van der Waals surface area contributed by atoms with Crippen molar-refractivity contribution in [3.8, 4) is 0 Å². The Kier molecular flexibility index (Phi) is 3.55. The molecule has 0 aromatic carbocycles. The van der Waals surface area contributed by atoms with E-state index in [9.17, 15) is 8.42 Å². The first kappa shape index (κ1) is 9.92. The van der Waals surface area contributed by atoms with E-state index in [1.54, 1.807) is 18.5 Å². The van der Waals surface area contributed by atoms with E-state index in [-0.39, 0.29) is 0 Å². The van der Waals surface area contributed by atoms with Gasteiger partial charge in [0, 0.05) is 6.20 Å². The van der Waals surface area contributed by atoms with E-state index >= 15 is 0 Å². The van der Waals surface area contributed by atoms with Gasteiger partial charge in [-0.25, -0.2) is 13.6 Å². The van der Waals surface area contributed by atoms with Crippen molar-refractivity contribution < 1.29 is 8.42 Å². The molecule has 0 aliphatic heterocycles. The normalized spacial score (nSPS) is 10.0. The van der Waals surface area contributed by atoms with Gasteiger partial charge in [-0.15, -0.1) is 0 Å². The number of hydrogen-bond donors (Lipinski definition) is 2. The summed E-state index contributed by atoms with van der Waals surface area (Å²) >= 11 is 0. The lowest BCUT2D eigenvalue weighted by Crippen LogP contribution is -2.07. The van der Waals surface area contributed by atoms with Gasteiger partial charge < -0.3 is 5.84 Å². The van der Waals surface area contributed by atoms with Gasteiger partial charge in [-0.3, -0.25) is 0 Å². The molecule has 0 fully saturated rings. The number of rotatable bonds is 0. The Bertz CT molecular complexity index is 269. The fraction of sp³-hybridized carbons (Fsp3) is 0.250. The first-order valence-electron chi connectivity index (χ1n) is 2.62. The third-order valence-corrected chi connectivity index (χ3v) is 0.525. The average Bonchev–Trinajstić information content (AvgIpc) is 2.12. The molecule has 0 amide bonds. The van der Waals surface area contributed by atoms with E-state index < -0.39 is 10.0 Å². The van der Waals surface area contributed by atoms with E-state index in [4.69, 9.17) is 5.84 Å². The Morgan fingerprint density at radius 1 is 1.55 bits per heavy atom. The third-order valence-electron chi connectivity index (χ3n) is 0.525. The van der Waals surface area contributed by atoms with Gasteiger partial charge in [0.05, 0.1) is 12.5 Å². The molecule has 1 heterocycles. The van der Waals surface area contributed by atoms with Gasteiger partial charge in [0.15, 0.2) is 0 Å². The summed E-state index contributed by atoms with van der Waals surface area (Å²) in [5, 5.41) is 7.94. The minimum Gasteiger partial charge on any atom is -0.323 e. The summed E-state index contributed by atoms with van der Waals surface area (Å²) in [6.07, 6.45) is 4.23. The van der Waals surface area contributed by atoms with Crippen LogP contribution in [0.25, 0.3) is 0 Å². The van der Waals surface area contributed by atoms with Crippen LogP contribution >= 0.6 is 0 Å². The number of aromatic nitrogens is 2. The molecular weight excluding hydrogens is 168 g/mol. The second-order valence-corrected chi connectivity index (χ2v) is 3.47. The lowest BCUT2D eigenvalue weighted by atomic mass is 10.8. The van der Waals surface area contributed by atoms with Gasteiger partial charge in [0.1, 0.15) is 0 Å². The standard InChI is InChI=1S/C3H5N3.CH5NO2S/c4-6-3-1-2-5-6;1-5(2,3)4/h1-3H,4H2;1H3,(H2,2,3,4). The maximum Gasteiger partial charge on any atom is 0.206 e. The molecule has 0 aliphatic rings. The second-order valence-electron chi connectivity index (χ2n) is 1.82. The van der Waals surface area contributed by atoms with Crippen molar-refractivity contribution in [2.45, 2.75) is 0 Å². The topological polar surface area (TPSA) is 104 Å². The summed E-state index contributed by atoms with van der Waals surface area (Å²) in [5.41, 5.74) is 0. The number of sulfonamides is 1. The van der Waals surface area contributed by atoms with Crippen molar-refractivity contribution in [3.05, 3.63) is 18.5 Å². The Labute approximate surface area is 64.8 Å². The van der Waals surface area contributed by atoms with Crippen molar-refractivity contribution in [2.24, 2.45) is 5.14 Å². The van der Waals surface area contributed by atoms with Crippen LogP contribution in [0.4, 0.5) is 0 Å². The summed E-state index contributed by atoms with van der Waals surface area (Å²) in [6.45, 7) is 0. The molecule has 1 aromatic rings. The van der Waals surface area contributed by atoms with Crippen molar-refractivity contribution in [1.82, 2.24) is 9.89 Å². The highest BCUT2D eigenvalue weighted by Crippen LogP contribution is 1.70. The van der Waals surface area contributed by atoms with Crippen LogP contribution in [-0.4, -0.2) is 24.6 Å². The molecule has 4 N–H and O–H groups in total. The maximum atomic E-state index is 9.41. The minimum absolute atomic E-state index is 0.938. The lowest BCUT2D eigenvalue weighted by Gasteiger charge is -1.78. The molecule has 7 heteroatoms. The summed E-state index contributed by atoms with van der Waals surface area (Å²) < 4.78 is 18.8. The zero-order valence-electron chi connectivity index (χ0n) is 6.01. The van der Waals surface area contributed by atoms with Crippen molar-refractivity contribution in [2.75, 3.05) is 12.1 Å². The number of nitrogens with two attached hydrogens (primary N) is 2. The van der Waals surface area contributed by atoms with E-state index in [0.717, 1.165) is 6.26 Å². The monoisotopic (exact) mass is 178 g/mol. The lowest BCUT2D eigenvalue weighted by molar-refractivity contribution is 0.603. The molecule has 0 saturated heterocycles. The minimum atomic E-state index is -3.17. The van der Waals surface area contributed by atoms with E-state index in [1.165, 1.54) is 4.79 Å². The van der Waals surface area contributed by atoms with Crippen molar-refractivity contribution in [1.29, 1.82) is 0 Å². The first-order chi connectivity index (χ1) is 4.89. The summed E-state index contributed by atoms with van der Waals surface area (Å²) in [5.74, 6) is 5.08. The smallest absolute Gasteiger partial charge is 0.206 e. The molecule has 11 heavy (non-hydrogen) atoms. The second kappa shape index (κ2) is 3.94. The van der Waals surface area contributed by atoms with Gasteiger partial charge in [-0.05, 0) is 6.07 Å². The highest BCUT2D eigenvalue weighted by atomic mass is 32.2. The Hall–Kier alpha value is -1.08. The molecule has 0 radical (unpaired) electrons. The van der Waals surface area contributed by atoms with Crippen molar-refractivity contribution in [3.63, 3.8) is 0 Å². The van der Waals surface area contributed by atoms with E-state index in [2.05, 4.69) is 10.2 Å². The molecule has 64 valence electrons. The summed E-state index contributed by atoms with van der Waals surface area (Å²) in [6, 6.07) is 1.76. The van der Waals surface area contributed by atoms with Gasteiger partial charge in [-0.1, -0.05) is 0 Å². The fourth-order valence-corrected chi connectivity index (χ4v) is 0.281. The Morgan fingerprint density at radius 2 is 2.00 bits per heavy atom. The Balaban J connectivity index is 0.000000187. The van der Waals surface area contributed by atoms with Crippen molar-refractivity contribution >= 4 is 10.0 Å².